The Labute approximate surface area is 94.0 Å². The minimum Gasteiger partial charge on any atom is -0.388 e. The molecule has 0 fully saturated rings. The van der Waals surface area contributed by atoms with Crippen molar-refractivity contribution >= 4 is 17.2 Å². The maximum Gasteiger partial charge on any atom is 0.162 e. The van der Waals surface area contributed by atoms with Gasteiger partial charge in [-0.2, -0.15) is 0 Å². The summed E-state index contributed by atoms with van der Waals surface area (Å²) in [5.74, 6) is -0.239. The van der Waals surface area contributed by atoms with E-state index in [2.05, 4.69) is 10.6 Å². The number of halogens is 1. The SMILES string of the molecule is CNc1ccc(F)c2c1CC(=O)C(C)(C)N2. The number of fused-ring (bicyclic) bond motifs is 1. The molecule has 0 bridgehead atoms. The van der Waals surface area contributed by atoms with Crippen LogP contribution in [0.5, 0.6) is 0 Å². The van der Waals surface area contributed by atoms with Gasteiger partial charge in [0.1, 0.15) is 5.82 Å². The lowest BCUT2D eigenvalue weighted by atomic mass is 9.87. The number of anilines is 2. The number of hydrogen-bond acceptors (Lipinski definition) is 3. The zero-order chi connectivity index (χ0) is 11.9. The number of benzene rings is 1. The average Bonchev–Trinajstić information content (AvgIpc) is 2.22. The van der Waals surface area contributed by atoms with Gasteiger partial charge in [-0.05, 0) is 26.0 Å². The Kier molecular flexibility index (Phi) is 2.37. The molecule has 1 aromatic carbocycles. The van der Waals surface area contributed by atoms with Crippen molar-refractivity contribution in [1.82, 2.24) is 0 Å². The lowest BCUT2D eigenvalue weighted by molar-refractivity contribution is -0.122. The van der Waals surface area contributed by atoms with E-state index in [1.807, 2.05) is 0 Å². The quantitative estimate of drug-likeness (QED) is 0.765. The van der Waals surface area contributed by atoms with Crippen molar-refractivity contribution in [3.05, 3.63) is 23.5 Å². The highest BCUT2D eigenvalue weighted by molar-refractivity contribution is 5.97. The summed E-state index contributed by atoms with van der Waals surface area (Å²) in [7, 11) is 1.76. The summed E-state index contributed by atoms with van der Waals surface area (Å²) < 4.78 is 13.7. The van der Waals surface area contributed by atoms with Crippen LogP contribution in [0.1, 0.15) is 19.4 Å². The molecule has 1 aliphatic rings. The van der Waals surface area contributed by atoms with Crippen LogP contribution in [0.2, 0.25) is 0 Å². The van der Waals surface area contributed by atoms with Gasteiger partial charge >= 0.3 is 0 Å². The first-order valence-corrected chi connectivity index (χ1v) is 5.26. The van der Waals surface area contributed by atoms with Gasteiger partial charge in [-0.1, -0.05) is 0 Å². The third-order valence-corrected chi connectivity index (χ3v) is 3.00. The molecule has 0 aromatic heterocycles. The zero-order valence-electron chi connectivity index (χ0n) is 9.65. The predicted molar refractivity (Wildman–Crippen MR) is 62.4 cm³/mol. The number of Topliss-reactive ketones (excluding diaryl/α,β-unsaturated/α-hetero) is 1. The molecule has 0 radical (unpaired) electrons. The van der Waals surface area contributed by atoms with E-state index in [1.165, 1.54) is 6.07 Å². The molecule has 2 N–H and O–H groups in total. The molecule has 0 atom stereocenters. The van der Waals surface area contributed by atoms with E-state index >= 15 is 0 Å². The molecule has 1 heterocycles. The maximum absolute atomic E-state index is 13.7. The fourth-order valence-corrected chi connectivity index (χ4v) is 1.94. The number of carbonyl (C=O) groups excluding carboxylic acids is 1. The number of hydrogen-bond donors (Lipinski definition) is 2. The van der Waals surface area contributed by atoms with Crippen LogP contribution in [0.25, 0.3) is 0 Å². The third-order valence-electron chi connectivity index (χ3n) is 3.00. The van der Waals surface area contributed by atoms with E-state index in [9.17, 15) is 9.18 Å². The molecule has 0 amide bonds. The van der Waals surface area contributed by atoms with E-state index in [0.29, 0.717) is 11.3 Å². The van der Waals surface area contributed by atoms with Gasteiger partial charge < -0.3 is 10.6 Å². The Hall–Kier alpha value is -1.58. The highest BCUT2D eigenvalue weighted by Crippen LogP contribution is 2.35. The molecule has 0 saturated heterocycles. The smallest absolute Gasteiger partial charge is 0.162 e. The zero-order valence-corrected chi connectivity index (χ0v) is 9.65. The molecule has 0 spiro atoms. The molecule has 4 heteroatoms. The van der Waals surface area contributed by atoms with Crippen LogP contribution in [0.4, 0.5) is 15.8 Å². The molecule has 0 saturated carbocycles. The summed E-state index contributed by atoms with van der Waals surface area (Å²) >= 11 is 0. The molecule has 1 aliphatic heterocycles. The Balaban J connectivity index is 2.57. The Morgan fingerprint density at radius 2 is 2.12 bits per heavy atom. The molecular weight excluding hydrogens is 207 g/mol. The van der Waals surface area contributed by atoms with Crippen LogP contribution < -0.4 is 10.6 Å². The summed E-state index contributed by atoms with van der Waals surface area (Å²) in [6.07, 6.45) is 0.267. The van der Waals surface area contributed by atoms with Gasteiger partial charge in [-0.25, -0.2) is 4.39 Å². The molecule has 0 aliphatic carbocycles. The van der Waals surface area contributed by atoms with Crippen LogP contribution in [0, 0.1) is 5.82 Å². The van der Waals surface area contributed by atoms with E-state index in [-0.39, 0.29) is 18.0 Å². The highest BCUT2D eigenvalue weighted by Gasteiger charge is 2.35. The lowest BCUT2D eigenvalue weighted by Crippen LogP contribution is -2.45. The minimum absolute atomic E-state index is 0.0714. The van der Waals surface area contributed by atoms with Gasteiger partial charge in [-0.3, -0.25) is 4.79 Å². The molecule has 86 valence electrons. The molecule has 2 rings (SSSR count). The second kappa shape index (κ2) is 3.47. The first-order chi connectivity index (χ1) is 7.45. The minimum atomic E-state index is -0.694. The van der Waals surface area contributed by atoms with Gasteiger partial charge in [-0.15, -0.1) is 0 Å². The van der Waals surface area contributed by atoms with E-state index in [4.69, 9.17) is 0 Å². The van der Waals surface area contributed by atoms with Crippen LogP contribution in [0.15, 0.2) is 12.1 Å². The van der Waals surface area contributed by atoms with Crippen molar-refractivity contribution < 1.29 is 9.18 Å². The molecule has 1 aromatic rings. The monoisotopic (exact) mass is 222 g/mol. The third kappa shape index (κ3) is 1.54. The van der Waals surface area contributed by atoms with Crippen molar-refractivity contribution in [1.29, 1.82) is 0 Å². The van der Waals surface area contributed by atoms with Gasteiger partial charge in [0.05, 0.1) is 11.2 Å². The van der Waals surface area contributed by atoms with Crippen LogP contribution in [0.3, 0.4) is 0 Å². The van der Waals surface area contributed by atoms with Gasteiger partial charge in [0.15, 0.2) is 5.78 Å². The topological polar surface area (TPSA) is 41.1 Å². The van der Waals surface area contributed by atoms with Crippen LogP contribution >= 0.6 is 0 Å². The second-order valence-electron chi connectivity index (χ2n) is 4.55. The van der Waals surface area contributed by atoms with Crippen molar-refractivity contribution in [2.24, 2.45) is 0 Å². The van der Waals surface area contributed by atoms with Crippen molar-refractivity contribution in [2.45, 2.75) is 25.8 Å². The average molecular weight is 222 g/mol. The number of nitrogens with one attached hydrogen (secondary N) is 2. The van der Waals surface area contributed by atoms with E-state index in [0.717, 1.165) is 5.69 Å². The van der Waals surface area contributed by atoms with E-state index in [1.54, 1.807) is 27.0 Å². The van der Waals surface area contributed by atoms with Crippen molar-refractivity contribution in [3.8, 4) is 0 Å². The van der Waals surface area contributed by atoms with Gasteiger partial charge in [0.25, 0.3) is 0 Å². The fraction of sp³-hybridized carbons (Fsp3) is 0.417. The fourth-order valence-electron chi connectivity index (χ4n) is 1.94. The van der Waals surface area contributed by atoms with Crippen LogP contribution in [-0.4, -0.2) is 18.4 Å². The van der Waals surface area contributed by atoms with Crippen molar-refractivity contribution in [2.75, 3.05) is 17.7 Å². The van der Waals surface area contributed by atoms with Gasteiger partial charge in [0.2, 0.25) is 0 Å². The molecule has 0 unspecified atom stereocenters. The Morgan fingerprint density at radius 1 is 1.44 bits per heavy atom. The summed E-state index contributed by atoms with van der Waals surface area (Å²) in [6, 6.07) is 3.06. The standard InChI is InChI=1S/C12H15FN2O/c1-12(2)10(16)6-7-9(14-3)5-4-8(13)11(7)15-12/h4-5,14-15H,6H2,1-3H3. The number of carbonyl (C=O) groups is 1. The highest BCUT2D eigenvalue weighted by atomic mass is 19.1. The summed E-state index contributed by atoms with van der Waals surface area (Å²) in [4.78, 5) is 11.8. The Morgan fingerprint density at radius 3 is 2.75 bits per heavy atom. The first kappa shape index (κ1) is 10.9. The lowest BCUT2D eigenvalue weighted by Gasteiger charge is -2.33. The predicted octanol–water partition coefficient (Wildman–Crippen LogP) is 2.18. The summed E-state index contributed by atoms with van der Waals surface area (Å²) in [5.41, 5.74) is 1.26. The maximum atomic E-state index is 13.7. The number of rotatable bonds is 1. The summed E-state index contributed by atoms with van der Waals surface area (Å²) in [6.45, 7) is 3.54. The second-order valence-corrected chi connectivity index (χ2v) is 4.55. The molecular formula is C12H15FN2O. The van der Waals surface area contributed by atoms with Crippen LogP contribution in [-0.2, 0) is 11.2 Å². The molecule has 3 nitrogen and oxygen atoms in total. The first-order valence-electron chi connectivity index (χ1n) is 5.26. The van der Waals surface area contributed by atoms with Gasteiger partial charge in [0, 0.05) is 24.7 Å². The van der Waals surface area contributed by atoms with Crippen molar-refractivity contribution in [3.63, 3.8) is 0 Å². The van der Waals surface area contributed by atoms with E-state index < -0.39 is 5.54 Å². The Bertz CT molecular complexity index is 455. The normalized spacial score (nSPS) is 17.6. The largest absolute Gasteiger partial charge is 0.388 e. The number of ketones is 1. The summed E-state index contributed by atoms with van der Waals surface area (Å²) in [5, 5.41) is 5.94. The molecule has 16 heavy (non-hydrogen) atoms.